The lowest BCUT2D eigenvalue weighted by atomic mass is 10.0. The van der Waals surface area contributed by atoms with Crippen LogP contribution in [0.15, 0.2) is 67.3 Å². The molecule has 1 atom stereocenters. The van der Waals surface area contributed by atoms with Gasteiger partial charge in [-0.05, 0) is 55.3 Å². The number of ether oxygens (including phenoxy) is 2. The molecular formula is C30H36N6O4. The fourth-order valence-electron chi connectivity index (χ4n) is 5.25. The molecule has 10 heteroatoms. The number of hydrogen-bond acceptors (Lipinski definition) is 7. The van der Waals surface area contributed by atoms with Crippen LogP contribution in [-0.4, -0.2) is 83.9 Å². The lowest BCUT2D eigenvalue weighted by Crippen LogP contribution is -2.41. The fourth-order valence-corrected chi connectivity index (χ4v) is 5.25. The highest BCUT2D eigenvalue weighted by atomic mass is 16.5. The van der Waals surface area contributed by atoms with Crippen molar-refractivity contribution in [1.29, 1.82) is 0 Å². The van der Waals surface area contributed by atoms with Gasteiger partial charge in [0.2, 0.25) is 5.91 Å². The molecule has 2 fully saturated rings. The van der Waals surface area contributed by atoms with E-state index in [9.17, 15) is 9.59 Å². The maximum absolute atomic E-state index is 12.9. The molecule has 210 valence electrons. The van der Waals surface area contributed by atoms with Gasteiger partial charge in [-0.25, -0.2) is 4.68 Å². The Balaban J connectivity index is 1.45. The van der Waals surface area contributed by atoms with Crippen LogP contribution in [0.5, 0.6) is 11.5 Å². The molecule has 0 radical (unpaired) electrons. The van der Waals surface area contributed by atoms with E-state index in [0.717, 1.165) is 43.8 Å². The number of primary amides is 1. The molecule has 0 spiro atoms. The first-order valence-electron chi connectivity index (χ1n) is 13.7. The minimum atomic E-state index is -0.561. The summed E-state index contributed by atoms with van der Waals surface area (Å²) in [6, 6.07) is 16.9. The normalized spacial score (nSPS) is 17.8. The van der Waals surface area contributed by atoms with Gasteiger partial charge in [-0.15, -0.1) is 0 Å². The SMILES string of the molecule is C=CC(=O)N1CCCC(n2nc(-c3ccc(Oc4ccccc4)cc3)c(C(N)=O)c2NCCN2CCOCC2)C1. The highest BCUT2D eigenvalue weighted by molar-refractivity contribution is 6.03. The van der Waals surface area contributed by atoms with Gasteiger partial charge in [0.25, 0.3) is 5.91 Å². The van der Waals surface area contributed by atoms with E-state index in [1.54, 1.807) is 4.90 Å². The zero-order valence-corrected chi connectivity index (χ0v) is 22.6. The number of nitrogens with one attached hydrogen (secondary N) is 1. The Bertz CT molecular complexity index is 1320. The Labute approximate surface area is 234 Å². The Morgan fingerprint density at radius 2 is 1.80 bits per heavy atom. The minimum absolute atomic E-state index is 0.108. The van der Waals surface area contributed by atoms with Crippen molar-refractivity contribution in [2.75, 3.05) is 57.8 Å². The second kappa shape index (κ2) is 12.8. The van der Waals surface area contributed by atoms with Crippen molar-refractivity contribution in [1.82, 2.24) is 19.6 Å². The van der Waals surface area contributed by atoms with Gasteiger partial charge in [0.15, 0.2) is 0 Å². The molecule has 40 heavy (non-hydrogen) atoms. The van der Waals surface area contributed by atoms with Crippen molar-refractivity contribution >= 4 is 17.6 Å². The van der Waals surface area contributed by atoms with Crippen molar-refractivity contribution < 1.29 is 19.1 Å². The van der Waals surface area contributed by atoms with Crippen molar-refractivity contribution in [3.63, 3.8) is 0 Å². The molecule has 10 nitrogen and oxygen atoms in total. The Hall–Kier alpha value is -4.15. The smallest absolute Gasteiger partial charge is 0.254 e. The Kier molecular flexibility index (Phi) is 8.78. The van der Waals surface area contributed by atoms with Gasteiger partial charge in [0.05, 0.1) is 19.3 Å². The fraction of sp³-hybridized carbons (Fsp3) is 0.367. The standard InChI is InChI=1S/C30H36N6O4/c1-2-26(37)35-15-6-7-23(21-35)36-30(32-14-16-34-17-19-39-20-18-34)27(29(31)38)28(33-36)22-10-12-25(13-11-22)40-24-8-4-3-5-9-24/h2-5,8-13,23,32H,1,6-7,14-21H2,(H2,31,38). The average Bonchev–Trinajstić information content (AvgIpc) is 3.38. The summed E-state index contributed by atoms with van der Waals surface area (Å²) in [6.07, 6.45) is 2.98. The third-order valence-corrected chi connectivity index (χ3v) is 7.32. The first-order valence-corrected chi connectivity index (χ1v) is 13.7. The van der Waals surface area contributed by atoms with Crippen molar-refractivity contribution in [3.8, 4) is 22.8 Å². The monoisotopic (exact) mass is 544 g/mol. The minimum Gasteiger partial charge on any atom is -0.457 e. The zero-order valence-electron chi connectivity index (χ0n) is 22.6. The second-order valence-electron chi connectivity index (χ2n) is 9.99. The number of piperidine rings is 1. The van der Waals surface area contributed by atoms with Gasteiger partial charge >= 0.3 is 0 Å². The lowest BCUT2D eigenvalue weighted by molar-refractivity contribution is -0.127. The highest BCUT2D eigenvalue weighted by Gasteiger charge is 2.31. The topological polar surface area (TPSA) is 115 Å². The van der Waals surface area contributed by atoms with Gasteiger partial charge in [-0.3, -0.25) is 14.5 Å². The molecular weight excluding hydrogens is 508 g/mol. The number of anilines is 1. The number of morpholine rings is 1. The number of nitrogens with zero attached hydrogens (tertiary/aromatic N) is 4. The number of rotatable bonds is 10. The van der Waals surface area contributed by atoms with Crippen molar-refractivity contribution in [3.05, 3.63) is 72.8 Å². The number of benzene rings is 2. The van der Waals surface area contributed by atoms with E-state index in [-0.39, 0.29) is 11.9 Å². The number of likely N-dealkylation sites (tertiary alicyclic amines) is 1. The Morgan fingerprint density at radius 3 is 2.50 bits per heavy atom. The largest absolute Gasteiger partial charge is 0.457 e. The number of nitrogens with two attached hydrogens (primary N) is 1. The molecule has 1 unspecified atom stereocenters. The Morgan fingerprint density at radius 1 is 1.07 bits per heavy atom. The molecule has 2 aromatic carbocycles. The summed E-state index contributed by atoms with van der Waals surface area (Å²) in [5.74, 6) is 1.32. The maximum Gasteiger partial charge on any atom is 0.254 e. The van der Waals surface area contributed by atoms with Crippen LogP contribution < -0.4 is 15.8 Å². The summed E-state index contributed by atoms with van der Waals surface area (Å²) in [7, 11) is 0. The predicted octanol–water partition coefficient (Wildman–Crippen LogP) is 3.53. The highest BCUT2D eigenvalue weighted by Crippen LogP contribution is 2.35. The first-order chi connectivity index (χ1) is 19.5. The van der Waals surface area contributed by atoms with Crippen LogP contribution in [0.3, 0.4) is 0 Å². The average molecular weight is 545 g/mol. The number of carbonyl (C=O) groups excluding carboxylic acids is 2. The summed E-state index contributed by atoms with van der Waals surface area (Å²) < 4.78 is 13.3. The van der Waals surface area contributed by atoms with Crippen molar-refractivity contribution in [2.45, 2.75) is 18.9 Å². The summed E-state index contributed by atoms with van der Waals surface area (Å²) in [6.45, 7) is 9.35. The molecule has 2 saturated heterocycles. The van der Waals surface area contributed by atoms with E-state index >= 15 is 0 Å². The van der Waals surface area contributed by atoms with Gasteiger partial charge < -0.3 is 25.4 Å². The van der Waals surface area contributed by atoms with E-state index in [1.165, 1.54) is 6.08 Å². The van der Waals surface area contributed by atoms with Crippen LogP contribution in [0.4, 0.5) is 5.82 Å². The van der Waals surface area contributed by atoms with Crippen LogP contribution in [0.25, 0.3) is 11.3 Å². The van der Waals surface area contributed by atoms with Crippen LogP contribution in [0.1, 0.15) is 29.2 Å². The van der Waals surface area contributed by atoms with Gasteiger partial charge in [-0.1, -0.05) is 24.8 Å². The zero-order chi connectivity index (χ0) is 27.9. The lowest BCUT2D eigenvalue weighted by Gasteiger charge is -2.33. The van der Waals surface area contributed by atoms with Crippen LogP contribution in [-0.2, 0) is 9.53 Å². The summed E-state index contributed by atoms with van der Waals surface area (Å²) >= 11 is 0. The molecule has 2 aliphatic rings. The van der Waals surface area contributed by atoms with Crippen LogP contribution in [0, 0.1) is 0 Å². The quantitative estimate of drug-likeness (QED) is 0.375. The summed E-state index contributed by atoms with van der Waals surface area (Å²) in [4.78, 5) is 29.4. The molecule has 3 aromatic rings. The molecule has 2 aliphatic heterocycles. The second-order valence-corrected chi connectivity index (χ2v) is 9.99. The van der Waals surface area contributed by atoms with E-state index in [1.807, 2.05) is 59.3 Å². The van der Waals surface area contributed by atoms with E-state index < -0.39 is 5.91 Å². The third-order valence-electron chi connectivity index (χ3n) is 7.32. The van der Waals surface area contributed by atoms with Crippen molar-refractivity contribution in [2.24, 2.45) is 5.73 Å². The number of para-hydroxylation sites is 1. The number of hydrogen-bond donors (Lipinski definition) is 2. The van der Waals surface area contributed by atoms with E-state index in [2.05, 4.69) is 16.8 Å². The van der Waals surface area contributed by atoms with Crippen LogP contribution in [0.2, 0.25) is 0 Å². The molecule has 3 heterocycles. The molecule has 2 amide bonds. The summed E-state index contributed by atoms with van der Waals surface area (Å²) in [5, 5.41) is 8.41. The molecule has 0 bridgehead atoms. The van der Waals surface area contributed by atoms with E-state index in [4.69, 9.17) is 20.3 Å². The molecule has 0 aliphatic carbocycles. The first kappa shape index (κ1) is 27.4. The van der Waals surface area contributed by atoms with Gasteiger partial charge in [0, 0.05) is 44.8 Å². The number of aromatic nitrogens is 2. The molecule has 0 saturated carbocycles. The number of carbonyl (C=O) groups is 2. The summed E-state index contributed by atoms with van der Waals surface area (Å²) in [5.41, 5.74) is 7.57. The van der Waals surface area contributed by atoms with Gasteiger partial charge in [-0.2, -0.15) is 5.10 Å². The van der Waals surface area contributed by atoms with Crippen LogP contribution >= 0.6 is 0 Å². The maximum atomic E-state index is 12.9. The van der Waals surface area contributed by atoms with E-state index in [0.29, 0.717) is 55.7 Å². The predicted molar refractivity (Wildman–Crippen MR) is 153 cm³/mol. The molecule has 5 rings (SSSR count). The number of amides is 2. The third kappa shape index (κ3) is 6.35. The molecule has 1 aromatic heterocycles. The van der Waals surface area contributed by atoms with Gasteiger partial charge in [0.1, 0.15) is 28.6 Å². The molecule has 3 N–H and O–H groups in total.